The predicted molar refractivity (Wildman–Crippen MR) is 36.3 cm³/mol. The van der Waals surface area contributed by atoms with E-state index in [-0.39, 0.29) is 0 Å². The Labute approximate surface area is 64.6 Å². The van der Waals surface area contributed by atoms with Crippen LogP contribution in [0.1, 0.15) is 0 Å². The molecule has 1 aromatic rings. The van der Waals surface area contributed by atoms with E-state index in [1.54, 1.807) is 0 Å². The van der Waals surface area contributed by atoms with Gasteiger partial charge < -0.3 is 9.84 Å². The Morgan fingerprint density at radius 3 is 2.58 bits per heavy atom. The standard InChI is InChI=1S/C5H4N2O5/c8-2-1-3(12-5(10)11)7-4(9)6-2/h1H,(H,10,11)(H2,6,7,8,9). The molecule has 0 amide bonds. The van der Waals surface area contributed by atoms with Crippen LogP contribution in [0.4, 0.5) is 4.79 Å². The maximum atomic E-state index is 10.5. The van der Waals surface area contributed by atoms with Crippen molar-refractivity contribution in [3.8, 4) is 5.88 Å². The summed E-state index contributed by atoms with van der Waals surface area (Å²) in [6, 6.07) is 0.815. The number of aromatic nitrogens is 2. The molecule has 0 atom stereocenters. The van der Waals surface area contributed by atoms with E-state index in [4.69, 9.17) is 5.11 Å². The molecule has 1 rings (SSSR count). The molecule has 0 bridgehead atoms. The van der Waals surface area contributed by atoms with E-state index in [2.05, 4.69) is 4.74 Å². The fourth-order valence-electron chi connectivity index (χ4n) is 0.595. The van der Waals surface area contributed by atoms with Crippen LogP contribution in [0.2, 0.25) is 0 Å². The van der Waals surface area contributed by atoms with E-state index in [0.29, 0.717) is 0 Å². The van der Waals surface area contributed by atoms with Crippen molar-refractivity contribution in [3.05, 3.63) is 26.9 Å². The average Bonchev–Trinajstić information content (AvgIpc) is 1.81. The molecule has 1 heterocycles. The first-order valence-electron chi connectivity index (χ1n) is 2.82. The largest absolute Gasteiger partial charge is 0.512 e. The summed E-state index contributed by atoms with van der Waals surface area (Å²) in [6.45, 7) is 0. The van der Waals surface area contributed by atoms with Crippen molar-refractivity contribution in [1.82, 2.24) is 9.97 Å². The van der Waals surface area contributed by atoms with Crippen LogP contribution in [0.5, 0.6) is 5.88 Å². The summed E-state index contributed by atoms with van der Waals surface area (Å²) in [5.41, 5.74) is -1.55. The molecule has 7 heteroatoms. The van der Waals surface area contributed by atoms with Crippen LogP contribution in [0.25, 0.3) is 0 Å². The molecule has 0 aliphatic carbocycles. The minimum absolute atomic E-state index is 0.406. The van der Waals surface area contributed by atoms with Gasteiger partial charge in [0.1, 0.15) is 0 Å². The smallest absolute Gasteiger partial charge is 0.449 e. The molecule has 0 aromatic carbocycles. The Balaban J connectivity index is 3.09. The first kappa shape index (κ1) is 8.05. The van der Waals surface area contributed by atoms with Crippen molar-refractivity contribution in [2.75, 3.05) is 0 Å². The van der Waals surface area contributed by atoms with Gasteiger partial charge in [-0.3, -0.25) is 14.8 Å². The molecule has 0 aliphatic rings. The number of hydrogen-bond acceptors (Lipinski definition) is 4. The van der Waals surface area contributed by atoms with Crippen LogP contribution >= 0.6 is 0 Å². The lowest BCUT2D eigenvalue weighted by atomic mass is 10.6. The number of rotatable bonds is 1. The number of carboxylic acid groups (broad SMARTS) is 1. The molecule has 0 saturated carbocycles. The molecule has 0 aliphatic heterocycles. The summed E-state index contributed by atoms with van der Waals surface area (Å²) in [5.74, 6) is -0.406. The highest BCUT2D eigenvalue weighted by Crippen LogP contribution is 1.95. The summed E-state index contributed by atoms with van der Waals surface area (Å²) < 4.78 is 4.02. The van der Waals surface area contributed by atoms with Gasteiger partial charge in [-0.1, -0.05) is 0 Å². The lowest BCUT2D eigenvalue weighted by Crippen LogP contribution is -2.22. The molecule has 0 radical (unpaired) electrons. The molecule has 0 saturated heterocycles. The van der Waals surface area contributed by atoms with Crippen LogP contribution in [0.3, 0.4) is 0 Å². The van der Waals surface area contributed by atoms with E-state index in [1.165, 1.54) is 0 Å². The Morgan fingerprint density at radius 2 is 2.08 bits per heavy atom. The van der Waals surface area contributed by atoms with Crippen LogP contribution < -0.4 is 16.0 Å². The van der Waals surface area contributed by atoms with E-state index in [9.17, 15) is 14.4 Å². The van der Waals surface area contributed by atoms with Crippen LogP contribution in [-0.4, -0.2) is 21.2 Å². The van der Waals surface area contributed by atoms with Gasteiger partial charge >= 0.3 is 11.8 Å². The van der Waals surface area contributed by atoms with E-state index < -0.39 is 23.3 Å². The summed E-state index contributed by atoms with van der Waals surface area (Å²) in [4.78, 5) is 34.8. The quantitative estimate of drug-likeness (QED) is 0.476. The van der Waals surface area contributed by atoms with Crippen molar-refractivity contribution in [2.45, 2.75) is 0 Å². The summed E-state index contributed by atoms with van der Waals surface area (Å²) in [7, 11) is 0. The molecular weight excluding hydrogens is 168 g/mol. The Hall–Kier alpha value is -2.05. The molecule has 12 heavy (non-hydrogen) atoms. The summed E-state index contributed by atoms with van der Waals surface area (Å²) >= 11 is 0. The minimum Gasteiger partial charge on any atom is -0.449 e. The zero-order valence-electron chi connectivity index (χ0n) is 5.66. The molecule has 1 aromatic heterocycles. The molecule has 7 nitrogen and oxygen atoms in total. The maximum absolute atomic E-state index is 10.5. The fourth-order valence-corrected chi connectivity index (χ4v) is 0.595. The van der Waals surface area contributed by atoms with E-state index in [1.807, 2.05) is 9.97 Å². The second kappa shape index (κ2) is 2.91. The van der Waals surface area contributed by atoms with E-state index >= 15 is 0 Å². The SMILES string of the molecule is O=C(O)Oc1cc(=O)[nH]c(=O)[nH]1. The monoisotopic (exact) mass is 172 g/mol. The van der Waals surface area contributed by atoms with Gasteiger partial charge in [-0.15, -0.1) is 0 Å². The number of carbonyl (C=O) groups is 1. The maximum Gasteiger partial charge on any atom is 0.512 e. The Kier molecular flexibility index (Phi) is 1.95. The first-order chi connectivity index (χ1) is 5.58. The number of nitrogens with one attached hydrogen (secondary N) is 2. The van der Waals surface area contributed by atoms with Gasteiger partial charge in [-0.05, 0) is 0 Å². The van der Waals surface area contributed by atoms with Gasteiger partial charge in [0.2, 0.25) is 5.88 Å². The lowest BCUT2D eigenvalue weighted by Gasteiger charge is -1.95. The third-order valence-corrected chi connectivity index (χ3v) is 0.933. The van der Waals surface area contributed by atoms with Gasteiger partial charge in [0.05, 0.1) is 6.07 Å². The Bertz CT molecular complexity index is 375. The van der Waals surface area contributed by atoms with Crippen molar-refractivity contribution in [1.29, 1.82) is 0 Å². The highest BCUT2D eigenvalue weighted by molar-refractivity contribution is 5.60. The van der Waals surface area contributed by atoms with Gasteiger partial charge in [-0.2, -0.15) is 0 Å². The highest BCUT2D eigenvalue weighted by atomic mass is 16.7. The van der Waals surface area contributed by atoms with Crippen LogP contribution in [0.15, 0.2) is 15.7 Å². The average molecular weight is 172 g/mol. The molecular formula is C5H4N2O5. The summed E-state index contributed by atoms with van der Waals surface area (Å²) in [5, 5.41) is 8.09. The third-order valence-electron chi connectivity index (χ3n) is 0.933. The van der Waals surface area contributed by atoms with Crippen LogP contribution in [0, 0.1) is 0 Å². The van der Waals surface area contributed by atoms with E-state index in [0.717, 1.165) is 6.07 Å². The predicted octanol–water partition coefficient (Wildman–Crippen LogP) is -0.880. The number of aromatic amines is 2. The normalized spacial score (nSPS) is 9.33. The van der Waals surface area contributed by atoms with Crippen molar-refractivity contribution < 1.29 is 14.6 Å². The highest BCUT2D eigenvalue weighted by Gasteiger charge is 2.01. The summed E-state index contributed by atoms with van der Waals surface area (Å²) in [6.07, 6.45) is -1.60. The third kappa shape index (κ3) is 1.97. The molecule has 0 unspecified atom stereocenters. The number of ether oxygens (including phenoxy) is 1. The minimum atomic E-state index is -1.60. The second-order valence-electron chi connectivity index (χ2n) is 1.82. The Morgan fingerprint density at radius 1 is 1.42 bits per heavy atom. The second-order valence-corrected chi connectivity index (χ2v) is 1.82. The zero-order chi connectivity index (χ0) is 9.14. The molecule has 64 valence electrons. The van der Waals surface area contributed by atoms with Gasteiger partial charge in [-0.25, -0.2) is 9.59 Å². The van der Waals surface area contributed by atoms with Crippen molar-refractivity contribution >= 4 is 6.16 Å². The van der Waals surface area contributed by atoms with Crippen molar-refractivity contribution in [3.63, 3.8) is 0 Å². The molecule has 0 spiro atoms. The van der Waals surface area contributed by atoms with Crippen molar-refractivity contribution in [2.24, 2.45) is 0 Å². The fraction of sp³-hybridized carbons (Fsp3) is 0. The van der Waals surface area contributed by atoms with Gasteiger partial charge in [0, 0.05) is 0 Å². The van der Waals surface area contributed by atoms with Crippen LogP contribution in [-0.2, 0) is 0 Å². The molecule has 3 N–H and O–H groups in total. The first-order valence-corrected chi connectivity index (χ1v) is 2.82. The lowest BCUT2D eigenvalue weighted by molar-refractivity contribution is 0.142. The molecule has 0 fully saturated rings. The topological polar surface area (TPSA) is 112 Å². The zero-order valence-corrected chi connectivity index (χ0v) is 5.66. The number of H-pyrrole nitrogens is 2. The number of hydrogen-bond donors (Lipinski definition) is 3. The van der Waals surface area contributed by atoms with Gasteiger partial charge in [0.25, 0.3) is 5.56 Å². The van der Waals surface area contributed by atoms with Gasteiger partial charge in [0.15, 0.2) is 0 Å².